The van der Waals surface area contributed by atoms with Crippen molar-refractivity contribution in [1.29, 1.82) is 0 Å². The fourth-order valence-corrected chi connectivity index (χ4v) is 3.78. The highest BCUT2D eigenvalue weighted by atomic mass is 79.9. The third-order valence-electron chi connectivity index (χ3n) is 4.55. The van der Waals surface area contributed by atoms with E-state index in [1.165, 1.54) is 0 Å². The summed E-state index contributed by atoms with van der Waals surface area (Å²) in [4.78, 5) is 30.6. The molecule has 0 fully saturated rings. The van der Waals surface area contributed by atoms with E-state index in [2.05, 4.69) is 15.9 Å². The largest absolute Gasteiger partial charge is 0.298 e. The number of fused-ring (bicyclic) bond motifs is 1. The van der Waals surface area contributed by atoms with Crippen LogP contribution in [0.2, 0.25) is 5.02 Å². The monoisotopic (exact) mass is 446 g/mol. The Kier molecular flexibility index (Phi) is 6.12. The summed E-state index contributed by atoms with van der Waals surface area (Å²) in [5.74, 6) is 0.00272. The van der Waals surface area contributed by atoms with E-state index < -0.39 is 5.92 Å². The molecular formula is C21H20BrClN2O2. The minimum absolute atomic E-state index is 0.0000831. The number of ketones is 1. The molecule has 1 unspecified atom stereocenters. The normalized spacial score (nSPS) is 12.5. The number of halogens is 2. The Morgan fingerprint density at radius 3 is 2.52 bits per heavy atom. The van der Waals surface area contributed by atoms with Gasteiger partial charge in [0.15, 0.2) is 5.78 Å². The van der Waals surface area contributed by atoms with Crippen molar-refractivity contribution >= 4 is 44.2 Å². The summed E-state index contributed by atoms with van der Waals surface area (Å²) >= 11 is 9.37. The van der Waals surface area contributed by atoms with Gasteiger partial charge in [0.2, 0.25) is 0 Å². The Bertz CT molecular complexity index is 1030. The SMILES string of the molecule is CC(C)C(C(=O)CBr)c1nc2cc(Cl)ccc2c(=O)n1Cc1ccccc1. The third kappa shape index (κ3) is 4.14. The van der Waals surface area contributed by atoms with Gasteiger partial charge in [0.1, 0.15) is 5.82 Å². The average Bonchev–Trinajstić information content (AvgIpc) is 2.65. The Balaban J connectivity index is 2.29. The number of carbonyl (C=O) groups is 1. The van der Waals surface area contributed by atoms with Crippen LogP contribution in [0.25, 0.3) is 10.9 Å². The van der Waals surface area contributed by atoms with Crippen LogP contribution in [0.5, 0.6) is 0 Å². The van der Waals surface area contributed by atoms with E-state index >= 15 is 0 Å². The lowest BCUT2D eigenvalue weighted by molar-refractivity contribution is -0.119. The van der Waals surface area contributed by atoms with E-state index in [1.54, 1.807) is 22.8 Å². The predicted molar refractivity (Wildman–Crippen MR) is 113 cm³/mol. The molecule has 3 rings (SSSR count). The van der Waals surface area contributed by atoms with E-state index in [-0.39, 0.29) is 22.6 Å². The van der Waals surface area contributed by atoms with Crippen LogP contribution in [0.4, 0.5) is 0 Å². The fourth-order valence-electron chi connectivity index (χ4n) is 3.26. The number of carbonyl (C=O) groups excluding carboxylic acids is 1. The molecule has 0 aliphatic rings. The molecule has 27 heavy (non-hydrogen) atoms. The van der Waals surface area contributed by atoms with E-state index in [0.717, 1.165) is 5.56 Å². The molecule has 1 atom stereocenters. The summed E-state index contributed by atoms with van der Waals surface area (Å²) in [6.45, 7) is 4.29. The van der Waals surface area contributed by atoms with Crippen molar-refractivity contribution in [3.05, 3.63) is 75.3 Å². The van der Waals surface area contributed by atoms with Crippen molar-refractivity contribution in [2.24, 2.45) is 5.92 Å². The molecule has 6 heteroatoms. The van der Waals surface area contributed by atoms with E-state index in [0.29, 0.717) is 28.3 Å². The van der Waals surface area contributed by atoms with Crippen LogP contribution in [0.3, 0.4) is 0 Å². The molecule has 1 aromatic heterocycles. The first-order valence-corrected chi connectivity index (χ1v) is 10.2. The number of aromatic nitrogens is 2. The fraction of sp³-hybridized carbons (Fsp3) is 0.286. The quantitative estimate of drug-likeness (QED) is 0.510. The second-order valence-electron chi connectivity index (χ2n) is 6.83. The molecule has 0 bridgehead atoms. The predicted octanol–water partition coefficient (Wildman–Crippen LogP) is 4.80. The van der Waals surface area contributed by atoms with Crippen LogP contribution in [-0.4, -0.2) is 20.7 Å². The number of hydrogen-bond donors (Lipinski definition) is 0. The van der Waals surface area contributed by atoms with Gasteiger partial charge in [-0.3, -0.25) is 14.2 Å². The highest BCUT2D eigenvalue weighted by Crippen LogP contribution is 2.27. The zero-order chi connectivity index (χ0) is 19.6. The van der Waals surface area contributed by atoms with Crippen LogP contribution < -0.4 is 5.56 Å². The van der Waals surface area contributed by atoms with E-state index in [9.17, 15) is 9.59 Å². The van der Waals surface area contributed by atoms with E-state index in [1.807, 2.05) is 44.2 Å². The lowest BCUT2D eigenvalue weighted by Crippen LogP contribution is -2.32. The van der Waals surface area contributed by atoms with Crippen molar-refractivity contribution in [3.8, 4) is 0 Å². The van der Waals surface area contributed by atoms with Crippen LogP contribution in [0, 0.1) is 5.92 Å². The number of benzene rings is 2. The number of rotatable bonds is 6. The van der Waals surface area contributed by atoms with Gasteiger partial charge in [-0.15, -0.1) is 0 Å². The van der Waals surface area contributed by atoms with Crippen LogP contribution in [-0.2, 0) is 11.3 Å². The second-order valence-corrected chi connectivity index (χ2v) is 7.83. The molecule has 0 amide bonds. The molecule has 0 saturated carbocycles. The lowest BCUT2D eigenvalue weighted by Gasteiger charge is -2.23. The number of nitrogens with zero attached hydrogens (tertiary/aromatic N) is 2. The van der Waals surface area contributed by atoms with Crippen molar-refractivity contribution in [2.45, 2.75) is 26.3 Å². The number of alkyl halides is 1. The summed E-state index contributed by atoms with van der Waals surface area (Å²) in [6, 6.07) is 14.7. The van der Waals surface area contributed by atoms with Gasteiger partial charge in [-0.25, -0.2) is 4.98 Å². The van der Waals surface area contributed by atoms with Gasteiger partial charge in [-0.1, -0.05) is 71.7 Å². The van der Waals surface area contributed by atoms with Crippen LogP contribution in [0.1, 0.15) is 31.2 Å². The van der Waals surface area contributed by atoms with Crippen LogP contribution >= 0.6 is 27.5 Å². The van der Waals surface area contributed by atoms with Crippen molar-refractivity contribution in [2.75, 3.05) is 5.33 Å². The van der Waals surface area contributed by atoms with Gasteiger partial charge in [0.25, 0.3) is 5.56 Å². The molecular weight excluding hydrogens is 428 g/mol. The molecule has 2 aromatic carbocycles. The summed E-state index contributed by atoms with van der Waals surface area (Å²) in [6.07, 6.45) is 0. The Hall–Kier alpha value is -1.98. The van der Waals surface area contributed by atoms with Gasteiger partial charge in [0.05, 0.1) is 28.7 Å². The third-order valence-corrected chi connectivity index (χ3v) is 5.34. The van der Waals surface area contributed by atoms with E-state index in [4.69, 9.17) is 16.6 Å². The molecule has 0 aliphatic carbocycles. The molecule has 4 nitrogen and oxygen atoms in total. The highest BCUT2D eigenvalue weighted by molar-refractivity contribution is 9.09. The van der Waals surface area contributed by atoms with Gasteiger partial charge in [-0.2, -0.15) is 0 Å². The van der Waals surface area contributed by atoms with Gasteiger partial charge in [0, 0.05) is 5.02 Å². The van der Waals surface area contributed by atoms with Gasteiger partial charge in [-0.05, 0) is 29.7 Å². The molecule has 0 radical (unpaired) electrons. The number of hydrogen-bond acceptors (Lipinski definition) is 3. The first-order chi connectivity index (χ1) is 12.9. The number of Topliss-reactive ketones (excluding diaryl/α,β-unsaturated/α-hetero) is 1. The summed E-state index contributed by atoms with van der Waals surface area (Å²) in [5.41, 5.74) is 1.33. The maximum absolute atomic E-state index is 13.3. The maximum Gasteiger partial charge on any atom is 0.261 e. The molecule has 0 saturated heterocycles. The zero-order valence-electron chi connectivity index (χ0n) is 15.2. The first kappa shape index (κ1) is 19.8. The highest BCUT2D eigenvalue weighted by Gasteiger charge is 2.28. The maximum atomic E-state index is 13.3. The molecule has 0 spiro atoms. The Morgan fingerprint density at radius 1 is 1.19 bits per heavy atom. The minimum atomic E-state index is -0.482. The smallest absolute Gasteiger partial charge is 0.261 e. The standard InChI is InChI=1S/C21H20BrClN2O2/c1-13(2)19(18(26)11-22)20-24-17-10-15(23)8-9-16(17)21(27)25(20)12-14-6-4-3-5-7-14/h3-10,13,19H,11-12H2,1-2H3. The molecule has 0 aliphatic heterocycles. The lowest BCUT2D eigenvalue weighted by atomic mass is 9.90. The summed E-state index contributed by atoms with van der Waals surface area (Å²) < 4.78 is 1.62. The summed E-state index contributed by atoms with van der Waals surface area (Å²) in [5, 5.41) is 1.21. The van der Waals surface area contributed by atoms with Crippen molar-refractivity contribution in [1.82, 2.24) is 9.55 Å². The Morgan fingerprint density at radius 2 is 1.89 bits per heavy atom. The zero-order valence-corrected chi connectivity index (χ0v) is 17.5. The van der Waals surface area contributed by atoms with Crippen molar-refractivity contribution in [3.63, 3.8) is 0 Å². The molecule has 0 N–H and O–H groups in total. The summed E-state index contributed by atoms with van der Waals surface area (Å²) in [7, 11) is 0. The molecule has 140 valence electrons. The topological polar surface area (TPSA) is 52.0 Å². The minimum Gasteiger partial charge on any atom is -0.298 e. The average molecular weight is 448 g/mol. The van der Waals surface area contributed by atoms with Gasteiger partial charge < -0.3 is 0 Å². The Labute approximate surface area is 171 Å². The second kappa shape index (κ2) is 8.36. The van der Waals surface area contributed by atoms with Gasteiger partial charge >= 0.3 is 0 Å². The van der Waals surface area contributed by atoms with Crippen molar-refractivity contribution < 1.29 is 4.79 Å². The first-order valence-electron chi connectivity index (χ1n) is 8.75. The molecule has 3 aromatic rings. The molecule has 1 heterocycles. The van der Waals surface area contributed by atoms with Crippen LogP contribution in [0.15, 0.2) is 53.3 Å².